The number of hydrogen-bond acceptors (Lipinski definition) is 4. The zero-order valence-electron chi connectivity index (χ0n) is 14.4. The van der Waals surface area contributed by atoms with Crippen LogP contribution >= 0.6 is 0 Å². The SMILES string of the molecule is O=C(NCCOc1cccc(F)c1)Nc1ccccc1N1CCOCC1. The number of carbonyl (C=O) groups excluding carboxylic acids is 1. The molecule has 2 N–H and O–H groups in total. The summed E-state index contributed by atoms with van der Waals surface area (Å²) in [4.78, 5) is 14.3. The molecule has 2 aromatic carbocycles. The summed E-state index contributed by atoms with van der Waals surface area (Å²) < 4.78 is 23.8. The number of morpholine rings is 1. The van der Waals surface area contributed by atoms with Crippen molar-refractivity contribution in [2.75, 3.05) is 49.7 Å². The number of halogens is 1. The van der Waals surface area contributed by atoms with Gasteiger partial charge in [0.15, 0.2) is 0 Å². The summed E-state index contributed by atoms with van der Waals surface area (Å²) in [6, 6.07) is 13.3. The number of anilines is 2. The first-order chi connectivity index (χ1) is 12.7. The van der Waals surface area contributed by atoms with Gasteiger partial charge in [0, 0.05) is 19.2 Å². The standard InChI is InChI=1S/C19H22FN3O3/c20-15-4-3-5-16(14-15)26-11-8-21-19(24)22-17-6-1-2-7-18(17)23-9-12-25-13-10-23/h1-7,14H,8-13H2,(H2,21,22,24). The Kier molecular flexibility index (Phi) is 6.27. The van der Waals surface area contributed by atoms with Crippen molar-refractivity contribution in [3.8, 4) is 5.75 Å². The van der Waals surface area contributed by atoms with Crippen molar-refractivity contribution in [1.82, 2.24) is 5.32 Å². The van der Waals surface area contributed by atoms with Gasteiger partial charge in [-0.15, -0.1) is 0 Å². The van der Waals surface area contributed by atoms with Crippen LogP contribution in [0.5, 0.6) is 5.75 Å². The van der Waals surface area contributed by atoms with Gasteiger partial charge < -0.3 is 25.0 Å². The van der Waals surface area contributed by atoms with E-state index in [1.165, 1.54) is 12.1 Å². The number of nitrogens with zero attached hydrogens (tertiary/aromatic N) is 1. The van der Waals surface area contributed by atoms with Gasteiger partial charge in [-0.05, 0) is 24.3 Å². The number of nitrogens with one attached hydrogen (secondary N) is 2. The van der Waals surface area contributed by atoms with Gasteiger partial charge in [0.1, 0.15) is 18.2 Å². The van der Waals surface area contributed by atoms with Crippen molar-refractivity contribution >= 4 is 17.4 Å². The van der Waals surface area contributed by atoms with E-state index < -0.39 is 0 Å². The quantitative estimate of drug-likeness (QED) is 0.779. The highest BCUT2D eigenvalue weighted by Crippen LogP contribution is 2.26. The molecule has 1 aliphatic rings. The molecule has 7 heteroatoms. The fraction of sp³-hybridized carbons (Fsp3) is 0.316. The Morgan fingerprint density at radius 2 is 1.96 bits per heavy atom. The zero-order chi connectivity index (χ0) is 18.2. The number of rotatable bonds is 6. The molecule has 1 heterocycles. The minimum absolute atomic E-state index is 0.252. The molecule has 2 aromatic rings. The number of carbonyl (C=O) groups is 1. The van der Waals surface area contributed by atoms with Crippen molar-refractivity contribution in [2.24, 2.45) is 0 Å². The third kappa shape index (κ3) is 5.10. The van der Waals surface area contributed by atoms with Crippen molar-refractivity contribution < 1.29 is 18.7 Å². The van der Waals surface area contributed by atoms with Crippen LogP contribution in [0.3, 0.4) is 0 Å². The second-order valence-corrected chi connectivity index (χ2v) is 5.80. The van der Waals surface area contributed by atoms with Crippen molar-refractivity contribution in [2.45, 2.75) is 0 Å². The van der Waals surface area contributed by atoms with E-state index in [9.17, 15) is 9.18 Å². The summed E-state index contributed by atoms with van der Waals surface area (Å²) >= 11 is 0. The molecular weight excluding hydrogens is 337 g/mol. The first kappa shape index (κ1) is 18.0. The molecule has 0 atom stereocenters. The Bertz CT molecular complexity index is 735. The predicted molar refractivity (Wildman–Crippen MR) is 98.4 cm³/mol. The summed E-state index contributed by atoms with van der Waals surface area (Å²) in [7, 11) is 0. The average molecular weight is 359 g/mol. The van der Waals surface area contributed by atoms with Crippen LogP contribution in [0.15, 0.2) is 48.5 Å². The minimum atomic E-state index is -0.354. The van der Waals surface area contributed by atoms with Crippen LogP contribution < -0.4 is 20.3 Å². The molecule has 0 aromatic heterocycles. The Morgan fingerprint density at radius 3 is 2.77 bits per heavy atom. The summed E-state index contributed by atoms with van der Waals surface area (Å²) in [5.74, 6) is 0.0813. The molecule has 138 valence electrons. The van der Waals surface area contributed by atoms with E-state index in [4.69, 9.17) is 9.47 Å². The Hall–Kier alpha value is -2.80. The van der Waals surface area contributed by atoms with Crippen LogP contribution in [0.25, 0.3) is 0 Å². The minimum Gasteiger partial charge on any atom is -0.492 e. The number of benzene rings is 2. The lowest BCUT2D eigenvalue weighted by Gasteiger charge is -2.30. The summed E-state index contributed by atoms with van der Waals surface area (Å²) in [6.45, 7) is 3.50. The van der Waals surface area contributed by atoms with E-state index in [0.717, 1.165) is 24.5 Å². The van der Waals surface area contributed by atoms with Crippen LogP contribution in [0.4, 0.5) is 20.6 Å². The van der Waals surface area contributed by atoms with E-state index in [1.54, 1.807) is 12.1 Å². The molecular formula is C19H22FN3O3. The van der Waals surface area contributed by atoms with Gasteiger partial charge in [-0.1, -0.05) is 18.2 Å². The Morgan fingerprint density at radius 1 is 1.15 bits per heavy atom. The van der Waals surface area contributed by atoms with Gasteiger partial charge in [0.2, 0.25) is 0 Å². The third-order valence-electron chi connectivity index (χ3n) is 3.96. The molecule has 0 saturated carbocycles. The molecule has 1 saturated heterocycles. The van der Waals surface area contributed by atoms with Gasteiger partial charge in [-0.25, -0.2) is 9.18 Å². The Balaban J connectivity index is 1.47. The van der Waals surface area contributed by atoms with Crippen LogP contribution in [0, 0.1) is 5.82 Å². The van der Waals surface area contributed by atoms with E-state index in [2.05, 4.69) is 15.5 Å². The fourth-order valence-electron chi connectivity index (χ4n) is 2.72. The second kappa shape index (κ2) is 9.05. The first-order valence-electron chi connectivity index (χ1n) is 8.57. The second-order valence-electron chi connectivity index (χ2n) is 5.80. The van der Waals surface area contributed by atoms with Crippen molar-refractivity contribution in [3.05, 3.63) is 54.3 Å². The zero-order valence-corrected chi connectivity index (χ0v) is 14.4. The fourth-order valence-corrected chi connectivity index (χ4v) is 2.72. The summed E-state index contributed by atoms with van der Waals surface area (Å²) in [6.07, 6.45) is 0. The number of para-hydroxylation sites is 2. The molecule has 1 fully saturated rings. The maximum Gasteiger partial charge on any atom is 0.319 e. The van der Waals surface area contributed by atoms with E-state index in [0.29, 0.717) is 25.5 Å². The lowest BCUT2D eigenvalue weighted by Crippen LogP contribution is -2.37. The number of urea groups is 1. The lowest BCUT2D eigenvalue weighted by atomic mass is 10.2. The molecule has 2 amide bonds. The van der Waals surface area contributed by atoms with Gasteiger partial charge >= 0.3 is 6.03 Å². The molecule has 0 radical (unpaired) electrons. The number of ether oxygens (including phenoxy) is 2. The van der Waals surface area contributed by atoms with Crippen molar-refractivity contribution in [3.63, 3.8) is 0 Å². The summed E-state index contributed by atoms with van der Waals surface area (Å²) in [5.41, 5.74) is 1.72. The van der Waals surface area contributed by atoms with Gasteiger partial charge in [0.05, 0.1) is 31.1 Å². The van der Waals surface area contributed by atoms with Gasteiger partial charge in [-0.3, -0.25) is 0 Å². The Labute approximate surface area is 151 Å². The first-order valence-corrected chi connectivity index (χ1v) is 8.57. The maximum absolute atomic E-state index is 13.1. The topological polar surface area (TPSA) is 62.8 Å². The molecule has 0 spiro atoms. The lowest BCUT2D eigenvalue weighted by molar-refractivity contribution is 0.123. The molecule has 1 aliphatic heterocycles. The third-order valence-corrected chi connectivity index (χ3v) is 3.96. The van der Waals surface area contributed by atoms with E-state index in [-0.39, 0.29) is 18.5 Å². The number of amides is 2. The highest BCUT2D eigenvalue weighted by molar-refractivity contribution is 5.93. The van der Waals surface area contributed by atoms with E-state index in [1.807, 2.05) is 24.3 Å². The molecule has 0 unspecified atom stereocenters. The van der Waals surface area contributed by atoms with Crippen LogP contribution in [0.1, 0.15) is 0 Å². The molecule has 6 nitrogen and oxygen atoms in total. The molecule has 0 bridgehead atoms. The maximum atomic E-state index is 13.1. The average Bonchev–Trinajstić information content (AvgIpc) is 2.66. The van der Waals surface area contributed by atoms with Crippen LogP contribution in [-0.4, -0.2) is 45.5 Å². The van der Waals surface area contributed by atoms with Crippen LogP contribution in [-0.2, 0) is 4.74 Å². The highest BCUT2D eigenvalue weighted by atomic mass is 19.1. The number of hydrogen-bond donors (Lipinski definition) is 2. The van der Waals surface area contributed by atoms with Crippen molar-refractivity contribution in [1.29, 1.82) is 0 Å². The monoisotopic (exact) mass is 359 g/mol. The van der Waals surface area contributed by atoms with E-state index >= 15 is 0 Å². The predicted octanol–water partition coefficient (Wildman–Crippen LogP) is 2.86. The molecule has 26 heavy (non-hydrogen) atoms. The molecule has 0 aliphatic carbocycles. The smallest absolute Gasteiger partial charge is 0.319 e. The van der Waals surface area contributed by atoms with Gasteiger partial charge in [-0.2, -0.15) is 0 Å². The van der Waals surface area contributed by atoms with Gasteiger partial charge in [0.25, 0.3) is 0 Å². The normalized spacial score (nSPS) is 14.0. The highest BCUT2D eigenvalue weighted by Gasteiger charge is 2.15. The molecule has 3 rings (SSSR count). The largest absolute Gasteiger partial charge is 0.492 e. The summed E-state index contributed by atoms with van der Waals surface area (Å²) in [5, 5.41) is 5.60. The van der Waals surface area contributed by atoms with Crippen LogP contribution in [0.2, 0.25) is 0 Å².